The SMILES string of the molecule is CCC1CCc2sc(C(=O)OCC(=O)NC(=O)NC(C)C)cc2C1. The molecule has 132 valence electrons. The molecule has 0 spiro atoms. The van der Waals surface area contributed by atoms with Crippen molar-refractivity contribution < 1.29 is 19.1 Å². The van der Waals surface area contributed by atoms with Crippen molar-refractivity contribution in [1.29, 1.82) is 0 Å². The molecule has 1 aromatic heterocycles. The minimum absolute atomic E-state index is 0.0789. The lowest BCUT2D eigenvalue weighted by atomic mass is 9.87. The van der Waals surface area contributed by atoms with Gasteiger partial charge < -0.3 is 10.1 Å². The van der Waals surface area contributed by atoms with Gasteiger partial charge in [0.15, 0.2) is 6.61 Å². The molecular formula is C17H24N2O4S. The van der Waals surface area contributed by atoms with E-state index in [4.69, 9.17) is 4.74 Å². The minimum atomic E-state index is -0.645. The predicted octanol–water partition coefficient (Wildman–Crippen LogP) is 2.65. The zero-order valence-corrected chi connectivity index (χ0v) is 15.1. The van der Waals surface area contributed by atoms with Crippen molar-refractivity contribution in [2.75, 3.05) is 6.61 Å². The maximum atomic E-state index is 12.1. The van der Waals surface area contributed by atoms with E-state index >= 15 is 0 Å². The second kappa shape index (κ2) is 8.28. The molecule has 0 aromatic carbocycles. The predicted molar refractivity (Wildman–Crippen MR) is 92.2 cm³/mol. The quantitative estimate of drug-likeness (QED) is 0.798. The summed E-state index contributed by atoms with van der Waals surface area (Å²) in [7, 11) is 0. The molecule has 0 bridgehead atoms. The molecule has 7 heteroatoms. The van der Waals surface area contributed by atoms with E-state index in [0.29, 0.717) is 10.8 Å². The first-order valence-corrected chi connectivity index (χ1v) is 9.09. The van der Waals surface area contributed by atoms with Gasteiger partial charge in [-0.1, -0.05) is 13.3 Å². The van der Waals surface area contributed by atoms with Crippen molar-refractivity contribution in [2.45, 2.75) is 52.5 Å². The Morgan fingerprint density at radius 3 is 2.79 bits per heavy atom. The topological polar surface area (TPSA) is 84.5 Å². The van der Waals surface area contributed by atoms with E-state index in [1.165, 1.54) is 21.8 Å². The standard InChI is InChI=1S/C17H24N2O4S/c1-4-11-5-6-13-12(7-11)8-14(24-13)16(21)23-9-15(20)19-17(22)18-10(2)3/h8,10-11H,4-7,9H2,1-3H3,(H2,18,19,20,22). The molecule has 2 N–H and O–H groups in total. The number of esters is 1. The molecular weight excluding hydrogens is 328 g/mol. The van der Waals surface area contributed by atoms with E-state index in [0.717, 1.165) is 25.7 Å². The van der Waals surface area contributed by atoms with Crippen LogP contribution in [0.5, 0.6) is 0 Å². The van der Waals surface area contributed by atoms with Crippen molar-refractivity contribution in [3.63, 3.8) is 0 Å². The lowest BCUT2D eigenvalue weighted by Gasteiger charge is -2.19. The van der Waals surface area contributed by atoms with E-state index < -0.39 is 24.5 Å². The second-order valence-corrected chi connectivity index (χ2v) is 7.47. The number of rotatable bonds is 5. The summed E-state index contributed by atoms with van der Waals surface area (Å²) in [5, 5.41) is 4.64. The van der Waals surface area contributed by atoms with Crippen LogP contribution in [-0.4, -0.2) is 30.6 Å². The average molecular weight is 352 g/mol. The number of amides is 3. The Morgan fingerprint density at radius 2 is 2.12 bits per heavy atom. The van der Waals surface area contributed by atoms with Crippen LogP contribution in [0.2, 0.25) is 0 Å². The number of carbonyl (C=O) groups excluding carboxylic acids is 3. The van der Waals surface area contributed by atoms with E-state index in [1.807, 2.05) is 6.07 Å². The van der Waals surface area contributed by atoms with Gasteiger partial charge in [-0.25, -0.2) is 9.59 Å². The fourth-order valence-electron chi connectivity index (χ4n) is 2.71. The molecule has 0 aliphatic heterocycles. The maximum absolute atomic E-state index is 12.1. The van der Waals surface area contributed by atoms with Gasteiger partial charge in [0.1, 0.15) is 4.88 Å². The number of ether oxygens (including phenoxy) is 1. The molecule has 0 radical (unpaired) electrons. The van der Waals surface area contributed by atoms with Crippen molar-refractivity contribution in [2.24, 2.45) is 5.92 Å². The summed E-state index contributed by atoms with van der Waals surface area (Å²) in [5.74, 6) is -0.475. The van der Waals surface area contributed by atoms with Gasteiger partial charge in [-0.2, -0.15) is 0 Å². The number of carbonyl (C=O) groups is 3. The number of imide groups is 1. The van der Waals surface area contributed by atoms with Crippen LogP contribution >= 0.6 is 11.3 Å². The Balaban J connectivity index is 1.84. The third-order valence-electron chi connectivity index (χ3n) is 3.97. The molecule has 1 atom stereocenters. The van der Waals surface area contributed by atoms with E-state index in [1.54, 1.807) is 13.8 Å². The molecule has 1 aliphatic rings. The monoisotopic (exact) mass is 352 g/mol. The zero-order valence-electron chi connectivity index (χ0n) is 14.3. The molecule has 0 saturated carbocycles. The van der Waals surface area contributed by atoms with Crippen LogP contribution in [0.15, 0.2) is 6.07 Å². The van der Waals surface area contributed by atoms with Crippen LogP contribution in [0, 0.1) is 5.92 Å². The van der Waals surface area contributed by atoms with Crippen LogP contribution < -0.4 is 10.6 Å². The molecule has 1 heterocycles. The van der Waals surface area contributed by atoms with Gasteiger partial charge in [-0.05, 0) is 50.7 Å². The highest BCUT2D eigenvalue weighted by atomic mass is 32.1. The number of thiophene rings is 1. The lowest BCUT2D eigenvalue weighted by molar-refractivity contribution is -0.123. The van der Waals surface area contributed by atoms with Crippen LogP contribution in [0.1, 0.15) is 53.7 Å². The summed E-state index contributed by atoms with van der Waals surface area (Å²) in [4.78, 5) is 36.8. The number of aryl methyl sites for hydroxylation is 1. The Labute approximate surface area is 146 Å². The van der Waals surface area contributed by atoms with Gasteiger partial charge in [-0.15, -0.1) is 11.3 Å². The number of fused-ring (bicyclic) bond motifs is 1. The third kappa shape index (κ3) is 5.06. The molecule has 1 unspecified atom stereocenters. The first kappa shape index (κ1) is 18.4. The normalized spacial score (nSPS) is 16.4. The highest BCUT2D eigenvalue weighted by Crippen LogP contribution is 2.33. The summed E-state index contributed by atoms with van der Waals surface area (Å²) in [6.07, 6.45) is 4.31. The number of hydrogen-bond donors (Lipinski definition) is 2. The van der Waals surface area contributed by atoms with Gasteiger partial charge in [-0.3, -0.25) is 10.1 Å². The molecule has 0 saturated heterocycles. The average Bonchev–Trinajstić information content (AvgIpc) is 2.94. The fraction of sp³-hybridized carbons (Fsp3) is 0.588. The lowest BCUT2D eigenvalue weighted by Crippen LogP contribution is -2.44. The van der Waals surface area contributed by atoms with Crippen molar-refractivity contribution in [3.05, 3.63) is 21.4 Å². The Kier molecular flexibility index (Phi) is 6.36. The van der Waals surface area contributed by atoms with Gasteiger partial charge in [0, 0.05) is 10.9 Å². The zero-order chi connectivity index (χ0) is 17.7. The van der Waals surface area contributed by atoms with Crippen molar-refractivity contribution in [3.8, 4) is 0 Å². The highest BCUT2D eigenvalue weighted by molar-refractivity contribution is 7.14. The van der Waals surface area contributed by atoms with E-state index in [-0.39, 0.29) is 6.04 Å². The Morgan fingerprint density at radius 1 is 1.38 bits per heavy atom. The van der Waals surface area contributed by atoms with Gasteiger partial charge in [0.2, 0.25) is 0 Å². The van der Waals surface area contributed by atoms with Gasteiger partial charge in [0.25, 0.3) is 5.91 Å². The van der Waals surface area contributed by atoms with Crippen LogP contribution in [0.4, 0.5) is 4.79 Å². The highest BCUT2D eigenvalue weighted by Gasteiger charge is 2.23. The van der Waals surface area contributed by atoms with Crippen LogP contribution in [-0.2, 0) is 22.4 Å². The fourth-order valence-corrected chi connectivity index (χ4v) is 3.81. The number of urea groups is 1. The third-order valence-corrected chi connectivity index (χ3v) is 5.19. The van der Waals surface area contributed by atoms with Gasteiger partial charge in [0.05, 0.1) is 0 Å². The molecule has 2 rings (SSSR count). The largest absolute Gasteiger partial charge is 0.451 e. The Hall–Kier alpha value is -1.89. The van der Waals surface area contributed by atoms with Gasteiger partial charge >= 0.3 is 12.0 Å². The number of nitrogens with one attached hydrogen (secondary N) is 2. The number of hydrogen-bond acceptors (Lipinski definition) is 5. The smallest absolute Gasteiger partial charge is 0.348 e. The molecule has 1 aromatic rings. The van der Waals surface area contributed by atoms with Crippen LogP contribution in [0.25, 0.3) is 0 Å². The minimum Gasteiger partial charge on any atom is -0.451 e. The summed E-state index contributed by atoms with van der Waals surface area (Å²) >= 11 is 1.44. The summed E-state index contributed by atoms with van der Waals surface area (Å²) in [5.41, 5.74) is 1.23. The molecule has 0 fully saturated rings. The van der Waals surface area contributed by atoms with Crippen LogP contribution in [0.3, 0.4) is 0 Å². The molecule has 3 amide bonds. The first-order valence-electron chi connectivity index (χ1n) is 8.28. The maximum Gasteiger partial charge on any atom is 0.348 e. The molecule has 6 nitrogen and oxygen atoms in total. The Bertz CT molecular complexity index is 624. The summed E-state index contributed by atoms with van der Waals surface area (Å²) < 4.78 is 5.01. The van der Waals surface area contributed by atoms with E-state index in [2.05, 4.69) is 17.6 Å². The van der Waals surface area contributed by atoms with E-state index in [9.17, 15) is 14.4 Å². The second-order valence-electron chi connectivity index (χ2n) is 6.33. The summed E-state index contributed by atoms with van der Waals surface area (Å²) in [6, 6.07) is 1.21. The van der Waals surface area contributed by atoms with Crippen molar-refractivity contribution in [1.82, 2.24) is 10.6 Å². The van der Waals surface area contributed by atoms with Crippen molar-refractivity contribution >= 4 is 29.2 Å². The molecule has 1 aliphatic carbocycles. The summed E-state index contributed by atoms with van der Waals surface area (Å²) in [6.45, 7) is 5.28. The molecule has 24 heavy (non-hydrogen) atoms. The first-order chi connectivity index (χ1) is 11.4.